The van der Waals surface area contributed by atoms with E-state index in [2.05, 4.69) is 5.32 Å². The lowest BCUT2D eigenvalue weighted by atomic mass is 10.1. The van der Waals surface area contributed by atoms with Crippen molar-refractivity contribution in [3.8, 4) is 17.6 Å². The minimum Gasteiger partial charge on any atom is -0.490 e. The van der Waals surface area contributed by atoms with Gasteiger partial charge >= 0.3 is 0 Å². The Labute approximate surface area is 192 Å². The van der Waals surface area contributed by atoms with Crippen LogP contribution in [0.1, 0.15) is 43.7 Å². The number of halogens is 2. The average Bonchev–Trinajstić information content (AvgIpc) is 3.27. The van der Waals surface area contributed by atoms with Gasteiger partial charge in [-0.15, -0.1) is 0 Å². The third-order valence-electron chi connectivity index (χ3n) is 5.01. The molecule has 3 rings (SSSR count). The monoisotopic (exact) mass is 458 g/mol. The van der Waals surface area contributed by atoms with Gasteiger partial charge in [-0.2, -0.15) is 5.26 Å². The number of carbonyl (C=O) groups excluding carboxylic acids is 1. The van der Waals surface area contributed by atoms with Gasteiger partial charge in [-0.1, -0.05) is 48.2 Å². The second kappa shape index (κ2) is 11.1. The zero-order valence-electron chi connectivity index (χ0n) is 17.3. The molecule has 0 aliphatic heterocycles. The Morgan fingerprint density at radius 2 is 1.90 bits per heavy atom. The second-order valence-corrected chi connectivity index (χ2v) is 8.12. The number of hydrogen-bond acceptors (Lipinski definition) is 4. The molecule has 0 radical (unpaired) electrons. The number of amides is 1. The van der Waals surface area contributed by atoms with Crippen molar-refractivity contribution in [3.63, 3.8) is 0 Å². The van der Waals surface area contributed by atoms with E-state index < -0.39 is 0 Å². The van der Waals surface area contributed by atoms with Crippen LogP contribution in [0.15, 0.2) is 42.0 Å². The number of ether oxygens (including phenoxy) is 2. The molecule has 1 aliphatic rings. The van der Waals surface area contributed by atoms with E-state index in [0.29, 0.717) is 40.3 Å². The van der Waals surface area contributed by atoms with Gasteiger partial charge in [0.25, 0.3) is 5.91 Å². The van der Waals surface area contributed by atoms with Crippen molar-refractivity contribution in [2.24, 2.45) is 0 Å². The maximum absolute atomic E-state index is 12.4. The Morgan fingerprint density at radius 3 is 2.58 bits per heavy atom. The summed E-state index contributed by atoms with van der Waals surface area (Å²) in [5.41, 5.74) is 1.62. The van der Waals surface area contributed by atoms with E-state index in [4.69, 9.17) is 32.7 Å². The summed E-state index contributed by atoms with van der Waals surface area (Å²) in [6, 6.07) is 12.8. The van der Waals surface area contributed by atoms with E-state index in [0.717, 1.165) is 31.2 Å². The number of hydrogen-bond donors (Lipinski definition) is 1. The third-order valence-corrected chi connectivity index (χ3v) is 5.75. The lowest BCUT2D eigenvalue weighted by Crippen LogP contribution is -2.33. The molecule has 7 heteroatoms. The van der Waals surface area contributed by atoms with Crippen molar-refractivity contribution in [1.29, 1.82) is 5.26 Å². The van der Waals surface area contributed by atoms with Crippen LogP contribution in [-0.4, -0.2) is 18.6 Å². The number of rotatable bonds is 8. The first-order valence-electron chi connectivity index (χ1n) is 10.3. The van der Waals surface area contributed by atoms with E-state index in [1.165, 1.54) is 0 Å². The normalized spacial score (nSPS) is 14.2. The van der Waals surface area contributed by atoms with Crippen LogP contribution < -0.4 is 14.8 Å². The fourth-order valence-corrected chi connectivity index (χ4v) is 3.76. The predicted molar refractivity (Wildman–Crippen MR) is 122 cm³/mol. The molecule has 1 saturated carbocycles. The zero-order valence-corrected chi connectivity index (χ0v) is 18.8. The van der Waals surface area contributed by atoms with Crippen LogP contribution in [-0.2, 0) is 11.4 Å². The summed E-state index contributed by atoms with van der Waals surface area (Å²) in [6.45, 7) is 2.62. The van der Waals surface area contributed by atoms with E-state index in [9.17, 15) is 10.1 Å². The molecule has 0 saturated heterocycles. The van der Waals surface area contributed by atoms with Gasteiger partial charge in [-0.3, -0.25) is 4.79 Å². The van der Waals surface area contributed by atoms with Crippen molar-refractivity contribution in [2.75, 3.05) is 6.61 Å². The van der Waals surface area contributed by atoms with Gasteiger partial charge in [0.05, 0.1) is 16.7 Å². The van der Waals surface area contributed by atoms with Crippen LogP contribution in [0.2, 0.25) is 10.0 Å². The highest BCUT2D eigenvalue weighted by molar-refractivity contribution is 6.42. The van der Waals surface area contributed by atoms with Crippen molar-refractivity contribution in [3.05, 3.63) is 63.1 Å². The zero-order chi connectivity index (χ0) is 22.2. The fraction of sp³-hybridized carbons (Fsp3) is 0.333. The number of nitriles is 1. The van der Waals surface area contributed by atoms with Gasteiger partial charge in [0, 0.05) is 6.04 Å². The summed E-state index contributed by atoms with van der Waals surface area (Å²) >= 11 is 12.0. The highest BCUT2D eigenvalue weighted by Gasteiger charge is 2.19. The minimum atomic E-state index is -0.340. The van der Waals surface area contributed by atoms with E-state index in [1.807, 2.05) is 19.1 Å². The first-order valence-corrected chi connectivity index (χ1v) is 11.0. The molecular weight excluding hydrogens is 435 g/mol. The molecule has 5 nitrogen and oxygen atoms in total. The van der Waals surface area contributed by atoms with Gasteiger partial charge < -0.3 is 14.8 Å². The summed E-state index contributed by atoms with van der Waals surface area (Å²) in [5.74, 6) is 0.746. The second-order valence-electron chi connectivity index (χ2n) is 7.30. The molecule has 0 heterocycles. The summed E-state index contributed by atoms with van der Waals surface area (Å²) in [7, 11) is 0. The van der Waals surface area contributed by atoms with Gasteiger partial charge in [-0.05, 0) is 61.2 Å². The Morgan fingerprint density at radius 1 is 1.13 bits per heavy atom. The molecule has 162 valence electrons. The molecule has 0 atom stereocenters. The van der Waals surface area contributed by atoms with Crippen LogP contribution in [0.5, 0.6) is 11.5 Å². The Kier molecular flexibility index (Phi) is 8.22. The standard InChI is InChI=1S/C24H24Cl2N2O3/c1-2-30-23-13-16(11-18(14-27)24(29)28-19-5-3-4-6-19)8-10-22(23)31-15-17-7-9-20(25)21(26)12-17/h7-13,19H,2-6,15H2,1H3,(H,28,29)/b18-11-. The minimum absolute atomic E-state index is 0.0684. The molecule has 2 aromatic carbocycles. The number of benzene rings is 2. The van der Waals surface area contributed by atoms with Crippen molar-refractivity contribution in [2.45, 2.75) is 45.3 Å². The fourth-order valence-electron chi connectivity index (χ4n) is 3.44. The summed E-state index contributed by atoms with van der Waals surface area (Å²) in [6.07, 6.45) is 5.71. The third kappa shape index (κ3) is 6.40. The van der Waals surface area contributed by atoms with Gasteiger partial charge in [-0.25, -0.2) is 0 Å². The smallest absolute Gasteiger partial charge is 0.262 e. The SMILES string of the molecule is CCOc1cc(/C=C(/C#N)C(=O)NC2CCCC2)ccc1OCc1ccc(Cl)c(Cl)c1. The van der Waals surface area contributed by atoms with E-state index in [1.54, 1.807) is 36.4 Å². The Balaban J connectivity index is 1.74. The number of nitrogens with one attached hydrogen (secondary N) is 1. The molecular formula is C24H24Cl2N2O3. The summed E-state index contributed by atoms with van der Waals surface area (Å²) < 4.78 is 11.6. The van der Waals surface area contributed by atoms with Gasteiger partial charge in [0.15, 0.2) is 11.5 Å². The topological polar surface area (TPSA) is 71.3 Å². The summed E-state index contributed by atoms with van der Waals surface area (Å²) in [4.78, 5) is 12.4. The molecule has 1 fully saturated rings. The number of nitrogens with zero attached hydrogens (tertiary/aromatic N) is 1. The van der Waals surface area contributed by atoms with Crippen LogP contribution in [0.25, 0.3) is 6.08 Å². The molecule has 2 aromatic rings. The molecule has 0 aromatic heterocycles. The molecule has 0 bridgehead atoms. The predicted octanol–water partition coefficient (Wildman–Crippen LogP) is 5.94. The molecule has 0 unspecified atom stereocenters. The highest BCUT2D eigenvalue weighted by atomic mass is 35.5. The van der Waals surface area contributed by atoms with Gasteiger partial charge in [0.2, 0.25) is 0 Å². The summed E-state index contributed by atoms with van der Waals surface area (Å²) in [5, 5.41) is 13.4. The largest absolute Gasteiger partial charge is 0.490 e. The average molecular weight is 459 g/mol. The van der Waals surface area contributed by atoms with E-state index >= 15 is 0 Å². The van der Waals surface area contributed by atoms with Crippen molar-refractivity contribution < 1.29 is 14.3 Å². The molecule has 1 N–H and O–H groups in total. The molecule has 1 amide bonds. The van der Waals surface area contributed by atoms with Gasteiger partial charge in [0.1, 0.15) is 18.2 Å². The maximum atomic E-state index is 12.4. The number of carbonyl (C=O) groups is 1. The first kappa shape index (κ1) is 23.0. The maximum Gasteiger partial charge on any atom is 0.262 e. The Hall–Kier alpha value is -2.68. The molecule has 1 aliphatic carbocycles. The van der Waals surface area contributed by atoms with Crippen LogP contribution in [0, 0.1) is 11.3 Å². The lowest BCUT2D eigenvalue weighted by molar-refractivity contribution is -0.117. The van der Waals surface area contributed by atoms with Crippen LogP contribution in [0.3, 0.4) is 0 Å². The Bertz CT molecular complexity index is 1010. The van der Waals surface area contributed by atoms with Crippen molar-refractivity contribution in [1.82, 2.24) is 5.32 Å². The van der Waals surface area contributed by atoms with Crippen molar-refractivity contribution >= 4 is 35.2 Å². The highest BCUT2D eigenvalue weighted by Crippen LogP contribution is 2.31. The lowest BCUT2D eigenvalue weighted by Gasteiger charge is -2.14. The van der Waals surface area contributed by atoms with Crippen LogP contribution in [0.4, 0.5) is 0 Å². The molecule has 0 spiro atoms. The molecule has 31 heavy (non-hydrogen) atoms. The quantitative estimate of drug-likeness (QED) is 0.392. The first-order chi connectivity index (χ1) is 15.0. The van der Waals surface area contributed by atoms with E-state index in [-0.39, 0.29) is 17.5 Å². The van der Waals surface area contributed by atoms with Crippen LogP contribution >= 0.6 is 23.2 Å².